The zero-order chi connectivity index (χ0) is 26.5. The zero-order valence-corrected chi connectivity index (χ0v) is 20.7. The van der Waals surface area contributed by atoms with Gasteiger partial charge < -0.3 is 14.5 Å². The molecular formula is C28H28N2O7. The molecule has 0 aliphatic carbocycles. The average Bonchev–Trinajstić information content (AvgIpc) is 3.12. The molecule has 37 heavy (non-hydrogen) atoms. The monoisotopic (exact) mass is 504 g/mol. The van der Waals surface area contributed by atoms with Crippen LogP contribution >= 0.6 is 0 Å². The lowest BCUT2D eigenvalue weighted by atomic mass is 10.1. The van der Waals surface area contributed by atoms with Gasteiger partial charge in [0.15, 0.2) is 0 Å². The number of imide groups is 1. The van der Waals surface area contributed by atoms with Crippen LogP contribution in [0.2, 0.25) is 0 Å². The summed E-state index contributed by atoms with van der Waals surface area (Å²) in [6.07, 6.45) is 2.62. The lowest BCUT2D eigenvalue weighted by Crippen LogP contribution is -2.34. The predicted molar refractivity (Wildman–Crippen MR) is 136 cm³/mol. The molecule has 0 spiro atoms. The van der Waals surface area contributed by atoms with Crippen molar-refractivity contribution in [3.05, 3.63) is 75.6 Å². The molecule has 0 bridgehead atoms. The van der Waals surface area contributed by atoms with Crippen LogP contribution in [-0.4, -0.2) is 41.2 Å². The fourth-order valence-corrected chi connectivity index (χ4v) is 4.06. The normalized spacial score (nSPS) is 13.5. The van der Waals surface area contributed by atoms with Crippen molar-refractivity contribution in [2.75, 3.05) is 6.54 Å². The maximum absolute atomic E-state index is 12.4. The van der Waals surface area contributed by atoms with Crippen molar-refractivity contribution in [1.29, 1.82) is 0 Å². The highest BCUT2D eigenvalue weighted by Gasteiger charge is 2.34. The Labute approximate surface area is 213 Å². The molecule has 0 saturated carbocycles. The number of hydrogen-bond donors (Lipinski definition) is 1. The third kappa shape index (κ3) is 5.77. The highest BCUT2D eigenvalue weighted by molar-refractivity contribution is 6.21. The molecule has 3 aromatic rings. The third-order valence-electron chi connectivity index (χ3n) is 6.31. The van der Waals surface area contributed by atoms with E-state index in [9.17, 15) is 24.0 Å². The van der Waals surface area contributed by atoms with Gasteiger partial charge in [0.05, 0.1) is 11.1 Å². The molecule has 1 N–H and O–H groups in total. The van der Waals surface area contributed by atoms with E-state index in [0.717, 1.165) is 6.42 Å². The van der Waals surface area contributed by atoms with E-state index in [1.807, 2.05) is 13.8 Å². The van der Waals surface area contributed by atoms with Crippen molar-refractivity contribution < 1.29 is 28.3 Å². The van der Waals surface area contributed by atoms with Crippen molar-refractivity contribution in [3.8, 4) is 5.75 Å². The molecule has 1 atom stereocenters. The van der Waals surface area contributed by atoms with Crippen molar-refractivity contribution in [2.24, 2.45) is 0 Å². The summed E-state index contributed by atoms with van der Waals surface area (Å²) in [7, 11) is 0. The maximum Gasteiger partial charge on any atom is 0.349 e. The molecule has 0 saturated heterocycles. The summed E-state index contributed by atoms with van der Waals surface area (Å²) in [5.41, 5.74) is 0.200. The van der Waals surface area contributed by atoms with Gasteiger partial charge in [-0.3, -0.25) is 24.1 Å². The lowest BCUT2D eigenvalue weighted by molar-refractivity contribution is -0.134. The van der Waals surface area contributed by atoms with Gasteiger partial charge in [-0.1, -0.05) is 25.5 Å². The van der Waals surface area contributed by atoms with E-state index < -0.39 is 17.5 Å². The molecule has 192 valence electrons. The van der Waals surface area contributed by atoms with Crippen LogP contribution in [0.1, 0.15) is 77.0 Å². The number of amides is 3. The first-order valence-corrected chi connectivity index (χ1v) is 12.3. The Hall–Kier alpha value is -4.27. The second-order valence-electron chi connectivity index (χ2n) is 9.02. The van der Waals surface area contributed by atoms with E-state index in [0.29, 0.717) is 42.3 Å². The Bertz CT molecular complexity index is 1390. The average molecular weight is 505 g/mol. The van der Waals surface area contributed by atoms with Crippen LogP contribution in [0.4, 0.5) is 0 Å². The highest BCUT2D eigenvalue weighted by Crippen LogP contribution is 2.24. The molecule has 9 heteroatoms. The summed E-state index contributed by atoms with van der Waals surface area (Å²) >= 11 is 0. The quantitative estimate of drug-likeness (QED) is 0.145. The molecule has 1 aliphatic heterocycles. The van der Waals surface area contributed by atoms with Gasteiger partial charge in [-0.05, 0) is 56.5 Å². The molecule has 4 rings (SSSR count). The first kappa shape index (κ1) is 25.8. The minimum atomic E-state index is -0.769. The van der Waals surface area contributed by atoms with Gasteiger partial charge in [0.2, 0.25) is 0 Å². The van der Waals surface area contributed by atoms with Gasteiger partial charge in [0.25, 0.3) is 17.7 Å². The topological polar surface area (TPSA) is 123 Å². The minimum absolute atomic E-state index is 0.0771. The number of ether oxygens (including phenoxy) is 1. The SMILES string of the molecule is CCC(C)NC(=O)c1cc2ccc(OC(=O)CCCCCN3C(=O)c4ccccc4C3=O)cc2oc1=O. The molecule has 2 aromatic carbocycles. The lowest BCUT2D eigenvalue weighted by Gasteiger charge is -2.13. The number of fused-ring (bicyclic) bond motifs is 2. The number of carbonyl (C=O) groups is 4. The second-order valence-corrected chi connectivity index (χ2v) is 9.02. The molecule has 1 aliphatic rings. The predicted octanol–water partition coefficient (Wildman–Crippen LogP) is 4.08. The Morgan fingerprint density at radius 1 is 0.973 bits per heavy atom. The Kier molecular flexibility index (Phi) is 7.81. The van der Waals surface area contributed by atoms with Crippen molar-refractivity contribution >= 4 is 34.7 Å². The van der Waals surface area contributed by atoms with Gasteiger partial charge >= 0.3 is 11.6 Å². The van der Waals surface area contributed by atoms with E-state index in [2.05, 4.69) is 5.32 Å². The van der Waals surface area contributed by atoms with Crippen molar-refractivity contribution in [3.63, 3.8) is 0 Å². The second kappa shape index (κ2) is 11.2. The van der Waals surface area contributed by atoms with Gasteiger partial charge in [-0.2, -0.15) is 0 Å². The van der Waals surface area contributed by atoms with E-state index in [1.165, 1.54) is 17.0 Å². The largest absolute Gasteiger partial charge is 0.426 e. The summed E-state index contributed by atoms with van der Waals surface area (Å²) in [4.78, 5) is 62.9. The molecule has 3 amide bonds. The van der Waals surface area contributed by atoms with Crippen LogP contribution in [0.25, 0.3) is 11.0 Å². The maximum atomic E-state index is 12.4. The Balaban J connectivity index is 1.26. The smallest absolute Gasteiger partial charge is 0.349 e. The third-order valence-corrected chi connectivity index (χ3v) is 6.31. The molecular weight excluding hydrogens is 476 g/mol. The molecule has 2 heterocycles. The minimum Gasteiger partial charge on any atom is -0.426 e. The molecule has 0 radical (unpaired) electrons. The number of esters is 1. The van der Waals surface area contributed by atoms with Gasteiger partial charge in [0.1, 0.15) is 16.9 Å². The Morgan fingerprint density at radius 3 is 2.35 bits per heavy atom. The van der Waals surface area contributed by atoms with Crippen molar-refractivity contribution in [1.82, 2.24) is 10.2 Å². The number of carbonyl (C=O) groups excluding carboxylic acids is 4. The van der Waals surface area contributed by atoms with Crippen LogP contribution in [0, 0.1) is 0 Å². The number of benzene rings is 2. The molecule has 0 fully saturated rings. The van der Waals surface area contributed by atoms with E-state index in [4.69, 9.17) is 9.15 Å². The van der Waals surface area contributed by atoms with Crippen LogP contribution in [0.5, 0.6) is 5.75 Å². The summed E-state index contributed by atoms with van der Waals surface area (Å²) in [6.45, 7) is 4.06. The van der Waals surface area contributed by atoms with E-state index >= 15 is 0 Å². The van der Waals surface area contributed by atoms with Crippen LogP contribution in [-0.2, 0) is 4.79 Å². The van der Waals surface area contributed by atoms with Gasteiger partial charge in [0, 0.05) is 30.5 Å². The Morgan fingerprint density at radius 2 is 1.68 bits per heavy atom. The standard InChI is InChI=1S/C28H28N2O7/c1-3-17(2)29-25(32)22-15-18-12-13-19(16-23(18)37-28(22)35)36-24(31)11-5-4-8-14-30-26(33)20-9-6-7-10-21(20)27(30)34/h6-7,9-10,12-13,15-17H,3-5,8,11,14H2,1-2H3,(H,29,32). The summed E-state index contributed by atoms with van der Waals surface area (Å²) < 4.78 is 10.7. The van der Waals surface area contributed by atoms with Crippen LogP contribution in [0.15, 0.2) is 57.7 Å². The summed E-state index contributed by atoms with van der Waals surface area (Å²) in [5.74, 6) is -1.29. The first-order valence-electron chi connectivity index (χ1n) is 12.3. The van der Waals surface area contributed by atoms with Crippen molar-refractivity contribution in [2.45, 2.75) is 52.0 Å². The molecule has 1 aromatic heterocycles. The van der Waals surface area contributed by atoms with E-state index in [-0.39, 0.29) is 41.2 Å². The fourth-order valence-electron chi connectivity index (χ4n) is 4.06. The molecule has 1 unspecified atom stereocenters. The van der Waals surface area contributed by atoms with Crippen LogP contribution in [0.3, 0.4) is 0 Å². The van der Waals surface area contributed by atoms with E-state index in [1.54, 1.807) is 36.4 Å². The summed E-state index contributed by atoms with van der Waals surface area (Å²) in [5, 5.41) is 3.27. The zero-order valence-electron chi connectivity index (χ0n) is 20.7. The van der Waals surface area contributed by atoms with Gasteiger partial charge in [-0.15, -0.1) is 0 Å². The number of unbranched alkanes of at least 4 members (excludes halogenated alkanes) is 2. The highest BCUT2D eigenvalue weighted by atomic mass is 16.5. The molecule has 9 nitrogen and oxygen atoms in total. The van der Waals surface area contributed by atoms with Crippen LogP contribution < -0.4 is 15.7 Å². The summed E-state index contributed by atoms with van der Waals surface area (Å²) in [6, 6.07) is 12.8. The van der Waals surface area contributed by atoms with Gasteiger partial charge in [-0.25, -0.2) is 4.79 Å². The first-order chi connectivity index (χ1) is 17.8. The number of nitrogens with one attached hydrogen (secondary N) is 1. The number of hydrogen-bond acceptors (Lipinski definition) is 7. The number of rotatable bonds is 10. The number of nitrogens with zero attached hydrogens (tertiary/aromatic N) is 1. The fraction of sp³-hybridized carbons (Fsp3) is 0.321.